The monoisotopic (exact) mass is 314 g/mol. The van der Waals surface area contributed by atoms with Crippen LogP contribution in [0, 0.1) is 19.8 Å². The summed E-state index contributed by atoms with van der Waals surface area (Å²) in [5, 5.41) is 13.4. The number of likely N-dealkylation sites (tertiary alicyclic amines) is 1. The SMILES string of the molecule is Cc1noc(C)c1CN1C(=O)C[C@@H](C(=O)O)[C@H]1c1ccccc1. The normalized spacial score (nSPS) is 21.0. The van der Waals surface area contributed by atoms with E-state index in [1.807, 2.05) is 37.3 Å². The number of benzene rings is 1. The minimum atomic E-state index is -0.950. The van der Waals surface area contributed by atoms with Crippen molar-refractivity contribution in [2.45, 2.75) is 32.9 Å². The molecule has 1 fully saturated rings. The molecule has 0 aliphatic carbocycles. The van der Waals surface area contributed by atoms with Gasteiger partial charge in [0.25, 0.3) is 0 Å². The van der Waals surface area contributed by atoms with E-state index in [0.29, 0.717) is 12.3 Å². The first-order valence-corrected chi connectivity index (χ1v) is 7.48. The zero-order valence-corrected chi connectivity index (χ0v) is 13.0. The van der Waals surface area contributed by atoms with Crippen LogP contribution in [0.15, 0.2) is 34.9 Å². The first-order valence-electron chi connectivity index (χ1n) is 7.48. The van der Waals surface area contributed by atoms with Crippen molar-refractivity contribution in [2.24, 2.45) is 5.92 Å². The van der Waals surface area contributed by atoms with Gasteiger partial charge in [-0.05, 0) is 19.4 Å². The van der Waals surface area contributed by atoms with E-state index in [2.05, 4.69) is 5.16 Å². The molecule has 1 N–H and O–H groups in total. The molecule has 0 bridgehead atoms. The zero-order valence-electron chi connectivity index (χ0n) is 13.0. The van der Waals surface area contributed by atoms with Crippen LogP contribution in [-0.4, -0.2) is 27.0 Å². The van der Waals surface area contributed by atoms with Crippen molar-refractivity contribution in [3.8, 4) is 0 Å². The largest absolute Gasteiger partial charge is 0.481 e. The molecule has 1 aliphatic rings. The minimum Gasteiger partial charge on any atom is -0.481 e. The fourth-order valence-corrected chi connectivity index (χ4v) is 3.16. The fourth-order valence-electron chi connectivity index (χ4n) is 3.16. The van der Waals surface area contributed by atoms with Crippen molar-refractivity contribution in [1.82, 2.24) is 10.1 Å². The highest BCUT2D eigenvalue weighted by atomic mass is 16.5. The van der Waals surface area contributed by atoms with Gasteiger partial charge in [0.15, 0.2) is 0 Å². The summed E-state index contributed by atoms with van der Waals surface area (Å²) in [4.78, 5) is 25.7. The zero-order chi connectivity index (χ0) is 16.6. The Morgan fingerprint density at radius 3 is 2.61 bits per heavy atom. The van der Waals surface area contributed by atoms with Gasteiger partial charge in [-0.1, -0.05) is 35.5 Å². The van der Waals surface area contributed by atoms with E-state index in [1.54, 1.807) is 11.8 Å². The maximum absolute atomic E-state index is 12.4. The van der Waals surface area contributed by atoms with Crippen LogP contribution in [0.1, 0.15) is 35.0 Å². The number of carbonyl (C=O) groups is 2. The first kappa shape index (κ1) is 15.3. The van der Waals surface area contributed by atoms with Crippen molar-refractivity contribution in [2.75, 3.05) is 0 Å². The predicted molar refractivity (Wildman–Crippen MR) is 81.5 cm³/mol. The summed E-state index contributed by atoms with van der Waals surface area (Å²) in [5.74, 6) is -1.20. The third kappa shape index (κ3) is 2.72. The van der Waals surface area contributed by atoms with Crippen LogP contribution < -0.4 is 0 Å². The number of hydrogen-bond donors (Lipinski definition) is 1. The molecule has 2 atom stereocenters. The summed E-state index contributed by atoms with van der Waals surface area (Å²) in [6.45, 7) is 3.92. The van der Waals surface area contributed by atoms with Crippen LogP contribution >= 0.6 is 0 Å². The molecule has 1 aliphatic heterocycles. The maximum atomic E-state index is 12.4. The topological polar surface area (TPSA) is 83.6 Å². The van der Waals surface area contributed by atoms with Gasteiger partial charge < -0.3 is 14.5 Å². The number of aryl methyl sites for hydroxylation is 2. The van der Waals surface area contributed by atoms with E-state index < -0.39 is 17.9 Å². The van der Waals surface area contributed by atoms with E-state index in [1.165, 1.54) is 0 Å². The van der Waals surface area contributed by atoms with Crippen LogP contribution in [0.4, 0.5) is 0 Å². The number of aromatic nitrogens is 1. The summed E-state index contributed by atoms with van der Waals surface area (Å²) >= 11 is 0. The van der Waals surface area contributed by atoms with Gasteiger partial charge in [0.2, 0.25) is 5.91 Å². The Bertz CT molecular complexity index is 719. The second-order valence-corrected chi connectivity index (χ2v) is 5.83. The quantitative estimate of drug-likeness (QED) is 0.937. The lowest BCUT2D eigenvalue weighted by molar-refractivity contribution is -0.142. The van der Waals surface area contributed by atoms with Crippen molar-refractivity contribution in [3.05, 3.63) is 52.9 Å². The van der Waals surface area contributed by atoms with E-state index in [0.717, 1.165) is 16.8 Å². The Morgan fingerprint density at radius 1 is 1.35 bits per heavy atom. The van der Waals surface area contributed by atoms with Crippen LogP contribution in [-0.2, 0) is 16.1 Å². The van der Waals surface area contributed by atoms with Gasteiger partial charge in [-0.25, -0.2) is 0 Å². The molecule has 3 rings (SSSR count). The molecule has 1 aromatic heterocycles. The van der Waals surface area contributed by atoms with Crippen molar-refractivity contribution < 1.29 is 19.2 Å². The van der Waals surface area contributed by atoms with Crippen LogP contribution in [0.3, 0.4) is 0 Å². The van der Waals surface area contributed by atoms with Gasteiger partial charge in [0.05, 0.1) is 24.2 Å². The van der Waals surface area contributed by atoms with Gasteiger partial charge >= 0.3 is 5.97 Å². The third-order valence-corrected chi connectivity index (χ3v) is 4.40. The van der Waals surface area contributed by atoms with E-state index >= 15 is 0 Å². The predicted octanol–water partition coefficient (Wildman–Crippen LogP) is 2.47. The highest BCUT2D eigenvalue weighted by molar-refractivity contribution is 5.87. The number of carbonyl (C=O) groups excluding carboxylic acids is 1. The Labute approximate surface area is 133 Å². The molecule has 1 saturated heterocycles. The number of carboxylic acid groups (broad SMARTS) is 1. The van der Waals surface area contributed by atoms with Gasteiger partial charge in [0, 0.05) is 12.0 Å². The molecule has 6 heteroatoms. The number of rotatable bonds is 4. The highest BCUT2D eigenvalue weighted by Gasteiger charge is 2.44. The summed E-state index contributed by atoms with van der Waals surface area (Å²) < 4.78 is 5.15. The van der Waals surface area contributed by atoms with Gasteiger partial charge in [-0.3, -0.25) is 9.59 Å². The van der Waals surface area contributed by atoms with Crippen LogP contribution in [0.2, 0.25) is 0 Å². The van der Waals surface area contributed by atoms with Crippen molar-refractivity contribution in [3.63, 3.8) is 0 Å². The van der Waals surface area contributed by atoms with E-state index in [4.69, 9.17) is 4.52 Å². The smallest absolute Gasteiger partial charge is 0.309 e. The second kappa shape index (κ2) is 5.87. The molecule has 1 aromatic carbocycles. The summed E-state index contributed by atoms with van der Waals surface area (Å²) in [7, 11) is 0. The lowest BCUT2D eigenvalue weighted by Gasteiger charge is -2.27. The second-order valence-electron chi connectivity index (χ2n) is 5.83. The van der Waals surface area contributed by atoms with E-state index in [9.17, 15) is 14.7 Å². The Kier molecular flexibility index (Phi) is 3.90. The Morgan fingerprint density at radius 2 is 2.04 bits per heavy atom. The lowest BCUT2D eigenvalue weighted by Crippen LogP contribution is -2.30. The molecular weight excluding hydrogens is 296 g/mol. The fraction of sp³-hybridized carbons (Fsp3) is 0.353. The summed E-state index contributed by atoms with van der Waals surface area (Å²) in [6, 6.07) is 8.82. The molecular formula is C17H18N2O4. The molecule has 0 unspecified atom stereocenters. The molecule has 2 aromatic rings. The highest BCUT2D eigenvalue weighted by Crippen LogP contribution is 2.39. The molecule has 6 nitrogen and oxygen atoms in total. The number of nitrogens with zero attached hydrogens (tertiary/aromatic N) is 2. The first-order chi connectivity index (χ1) is 11.0. The molecule has 0 spiro atoms. The minimum absolute atomic E-state index is 0.0122. The van der Waals surface area contributed by atoms with Gasteiger partial charge in [-0.15, -0.1) is 0 Å². The average molecular weight is 314 g/mol. The van der Waals surface area contributed by atoms with Gasteiger partial charge in [0.1, 0.15) is 5.76 Å². The molecule has 0 saturated carbocycles. The van der Waals surface area contributed by atoms with Gasteiger partial charge in [-0.2, -0.15) is 0 Å². The van der Waals surface area contributed by atoms with Crippen molar-refractivity contribution >= 4 is 11.9 Å². The van der Waals surface area contributed by atoms with Crippen LogP contribution in [0.5, 0.6) is 0 Å². The lowest BCUT2D eigenvalue weighted by atomic mass is 9.93. The third-order valence-electron chi connectivity index (χ3n) is 4.40. The van der Waals surface area contributed by atoms with Crippen molar-refractivity contribution in [1.29, 1.82) is 0 Å². The summed E-state index contributed by atoms with van der Waals surface area (Å²) in [6.07, 6.45) is 0.0122. The molecule has 2 heterocycles. The van der Waals surface area contributed by atoms with Crippen LogP contribution in [0.25, 0.3) is 0 Å². The number of aliphatic carboxylic acids is 1. The standard InChI is InChI=1S/C17H18N2O4/c1-10-14(11(2)23-18-10)9-19-15(20)8-13(17(21)22)16(19)12-6-4-3-5-7-12/h3-7,13,16H,8-9H2,1-2H3,(H,21,22)/t13-,16-/m1/s1. The number of amides is 1. The maximum Gasteiger partial charge on any atom is 0.309 e. The number of hydrogen-bond acceptors (Lipinski definition) is 4. The average Bonchev–Trinajstić information content (AvgIpc) is 3.03. The Hall–Kier alpha value is -2.63. The Balaban J connectivity index is 1.99. The molecule has 0 radical (unpaired) electrons. The molecule has 23 heavy (non-hydrogen) atoms. The summed E-state index contributed by atoms with van der Waals surface area (Å²) in [5.41, 5.74) is 2.39. The number of carboxylic acids is 1. The molecule has 1 amide bonds. The van der Waals surface area contributed by atoms with E-state index in [-0.39, 0.29) is 12.3 Å². The molecule has 120 valence electrons.